The van der Waals surface area contributed by atoms with Crippen molar-refractivity contribution in [3.05, 3.63) is 0 Å². The second-order valence-corrected chi connectivity index (χ2v) is 9.18. The van der Waals surface area contributed by atoms with Crippen molar-refractivity contribution >= 4 is 7.60 Å². The molecule has 0 heterocycles. The number of unbranched alkanes of at least 4 members (excludes halogenated alkanes) is 17. The Balaban J connectivity index is 3.02. The maximum absolute atomic E-state index is 10.7. The minimum absolute atomic E-state index is 0.0612. The molecule has 0 fully saturated rings. The van der Waals surface area contributed by atoms with Gasteiger partial charge in [0.2, 0.25) is 0 Å². The summed E-state index contributed by atoms with van der Waals surface area (Å²) in [5.74, 6) is 0. The van der Waals surface area contributed by atoms with Crippen LogP contribution in [0.1, 0.15) is 122 Å². The molecule has 146 valence electrons. The normalized spacial score (nSPS) is 12.0. The Morgan fingerprint density at radius 1 is 0.500 bits per heavy atom. The van der Waals surface area contributed by atoms with Crippen LogP contribution in [0.2, 0.25) is 0 Å². The summed E-state index contributed by atoms with van der Waals surface area (Å²) >= 11 is 0. The largest absolute Gasteiger partial charge is 0.325 e. The van der Waals surface area contributed by atoms with Crippen LogP contribution in [-0.2, 0) is 4.57 Å². The second-order valence-electron chi connectivity index (χ2n) is 7.40. The highest BCUT2D eigenvalue weighted by Crippen LogP contribution is 2.35. The van der Waals surface area contributed by atoms with E-state index in [-0.39, 0.29) is 6.16 Å². The number of hydrogen-bond donors (Lipinski definition) is 2. The van der Waals surface area contributed by atoms with Gasteiger partial charge in [0.1, 0.15) is 0 Å². The summed E-state index contributed by atoms with van der Waals surface area (Å²) in [6, 6.07) is 0. The van der Waals surface area contributed by atoms with E-state index in [4.69, 9.17) is 9.79 Å². The Morgan fingerprint density at radius 3 is 1.00 bits per heavy atom. The number of hydrogen-bond acceptors (Lipinski definition) is 1. The first-order valence-corrected chi connectivity index (χ1v) is 12.4. The lowest BCUT2D eigenvalue weighted by Gasteiger charge is -2.04. The van der Waals surface area contributed by atoms with Gasteiger partial charge in [0.15, 0.2) is 0 Å². The van der Waals surface area contributed by atoms with Crippen molar-refractivity contribution in [3.8, 4) is 0 Å². The summed E-state index contributed by atoms with van der Waals surface area (Å²) in [6.07, 6.45) is 23.6. The van der Waals surface area contributed by atoms with E-state index in [2.05, 4.69) is 6.92 Å². The summed E-state index contributed by atoms with van der Waals surface area (Å²) in [7, 11) is -3.76. The zero-order chi connectivity index (χ0) is 17.9. The third-order valence-corrected chi connectivity index (χ3v) is 5.70. The summed E-state index contributed by atoms with van der Waals surface area (Å²) in [5.41, 5.74) is 0. The molecule has 0 aromatic heterocycles. The van der Waals surface area contributed by atoms with E-state index >= 15 is 0 Å². The molecule has 0 aromatic carbocycles. The van der Waals surface area contributed by atoms with E-state index < -0.39 is 7.60 Å². The SMILES string of the molecule is CCCCCCCCCCCCCCCCCCCCP(=O)(O)O. The molecule has 0 unspecified atom stereocenters. The summed E-state index contributed by atoms with van der Waals surface area (Å²) in [4.78, 5) is 17.5. The van der Waals surface area contributed by atoms with Gasteiger partial charge in [0, 0.05) is 6.16 Å². The first-order valence-electron chi connectivity index (χ1n) is 10.6. The smallest absolute Gasteiger partial charge is 0.324 e. The fourth-order valence-electron chi connectivity index (χ4n) is 3.22. The van der Waals surface area contributed by atoms with Crippen molar-refractivity contribution in [2.45, 2.75) is 122 Å². The average molecular weight is 363 g/mol. The molecule has 0 aliphatic rings. The quantitative estimate of drug-likeness (QED) is 0.188. The lowest BCUT2D eigenvalue weighted by atomic mass is 10.0. The highest BCUT2D eigenvalue weighted by Gasteiger charge is 2.10. The van der Waals surface area contributed by atoms with Crippen LogP contribution < -0.4 is 0 Å². The molecule has 4 heteroatoms. The van der Waals surface area contributed by atoms with Gasteiger partial charge >= 0.3 is 7.60 Å². The molecule has 0 aromatic rings. The molecule has 0 aliphatic carbocycles. The Morgan fingerprint density at radius 2 is 0.750 bits per heavy atom. The molecule has 0 rings (SSSR count). The van der Waals surface area contributed by atoms with Crippen LogP contribution in [0.25, 0.3) is 0 Å². The second kappa shape index (κ2) is 18.0. The molecule has 0 amide bonds. The van der Waals surface area contributed by atoms with Crippen LogP contribution in [0.4, 0.5) is 0 Å². The Labute approximate surface area is 151 Å². The fraction of sp³-hybridized carbons (Fsp3) is 1.00. The maximum Gasteiger partial charge on any atom is 0.325 e. The van der Waals surface area contributed by atoms with Crippen LogP contribution in [0.15, 0.2) is 0 Å². The van der Waals surface area contributed by atoms with Crippen molar-refractivity contribution < 1.29 is 14.4 Å². The van der Waals surface area contributed by atoms with Crippen LogP contribution in [0, 0.1) is 0 Å². The van der Waals surface area contributed by atoms with Crippen molar-refractivity contribution in [1.29, 1.82) is 0 Å². The van der Waals surface area contributed by atoms with E-state index in [1.54, 1.807) is 0 Å². The topological polar surface area (TPSA) is 57.5 Å². The predicted molar refractivity (Wildman–Crippen MR) is 106 cm³/mol. The van der Waals surface area contributed by atoms with Gasteiger partial charge in [0.05, 0.1) is 0 Å². The van der Waals surface area contributed by atoms with Gasteiger partial charge in [-0.2, -0.15) is 0 Å². The minimum atomic E-state index is -3.76. The molecule has 0 aliphatic heterocycles. The molecule has 0 saturated heterocycles. The summed E-state index contributed by atoms with van der Waals surface area (Å²) in [6.45, 7) is 2.27. The van der Waals surface area contributed by atoms with Gasteiger partial charge in [-0.25, -0.2) is 0 Å². The zero-order valence-electron chi connectivity index (χ0n) is 16.2. The van der Waals surface area contributed by atoms with Crippen LogP contribution >= 0.6 is 7.60 Å². The van der Waals surface area contributed by atoms with Gasteiger partial charge in [-0.05, 0) is 6.42 Å². The molecular weight excluding hydrogens is 319 g/mol. The van der Waals surface area contributed by atoms with E-state index in [1.807, 2.05) is 0 Å². The van der Waals surface area contributed by atoms with E-state index in [0.29, 0.717) is 6.42 Å². The molecule has 0 spiro atoms. The van der Waals surface area contributed by atoms with Gasteiger partial charge in [0.25, 0.3) is 0 Å². The third-order valence-electron chi connectivity index (χ3n) is 4.80. The first kappa shape index (κ1) is 24.1. The molecule has 2 N–H and O–H groups in total. The average Bonchev–Trinajstić information content (AvgIpc) is 2.52. The third kappa shape index (κ3) is 22.1. The van der Waals surface area contributed by atoms with Crippen molar-refractivity contribution in [2.24, 2.45) is 0 Å². The highest BCUT2D eigenvalue weighted by atomic mass is 31.2. The van der Waals surface area contributed by atoms with Gasteiger partial charge in [-0.1, -0.05) is 116 Å². The minimum Gasteiger partial charge on any atom is -0.324 e. The van der Waals surface area contributed by atoms with E-state index in [1.165, 1.54) is 96.3 Å². The highest BCUT2D eigenvalue weighted by molar-refractivity contribution is 7.51. The monoisotopic (exact) mass is 362 g/mol. The van der Waals surface area contributed by atoms with E-state index in [9.17, 15) is 4.57 Å². The van der Waals surface area contributed by atoms with Crippen molar-refractivity contribution in [3.63, 3.8) is 0 Å². The Hall–Kier alpha value is 0.150. The first-order chi connectivity index (χ1) is 11.6. The van der Waals surface area contributed by atoms with E-state index in [0.717, 1.165) is 12.8 Å². The van der Waals surface area contributed by atoms with Gasteiger partial charge in [-0.3, -0.25) is 4.57 Å². The Bertz CT molecular complexity index is 289. The molecule has 24 heavy (non-hydrogen) atoms. The van der Waals surface area contributed by atoms with Crippen LogP contribution in [-0.4, -0.2) is 15.9 Å². The molecule has 0 atom stereocenters. The van der Waals surface area contributed by atoms with Crippen LogP contribution in [0.5, 0.6) is 0 Å². The standard InChI is InChI=1S/C20H43O3P/c1-2-3-4-5-6-7-8-9-10-11-12-13-14-15-16-17-18-19-20-24(21,22)23/h2-20H2,1H3,(H2,21,22,23). The Kier molecular flexibility index (Phi) is 18.1. The van der Waals surface area contributed by atoms with Crippen LogP contribution in [0.3, 0.4) is 0 Å². The predicted octanol–water partition coefficient (Wildman–Crippen LogP) is 7.21. The maximum atomic E-state index is 10.7. The zero-order valence-corrected chi connectivity index (χ0v) is 17.1. The lowest BCUT2D eigenvalue weighted by Crippen LogP contribution is -1.88. The molecule has 0 bridgehead atoms. The summed E-state index contributed by atoms with van der Waals surface area (Å²) < 4.78 is 10.7. The van der Waals surface area contributed by atoms with Crippen molar-refractivity contribution in [2.75, 3.05) is 6.16 Å². The lowest BCUT2D eigenvalue weighted by molar-refractivity contribution is 0.370. The number of rotatable bonds is 19. The summed E-state index contributed by atoms with van der Waals surface area (Å²) in [5, 5.41) is 0. The molecular formula is C20H43O3P. The van der Waals surface area contributed by atoms with Gasteiger partial charge in [-0.15, -0.1) is 0 Å². The van der Waals surface area contributed by atoms with Crippen molar-refractivity contribution in [1.82, 2.24) is 0 Å². The molecule has 0 saturated carbocycles. The molecule has 0 radical (unpaired) electrons. The molecule has 3 nitrogen and oxygen atoms in total. The van der Waals surface area contributed by atoms with Gasteiger partial charge < -0.3 is 9.79 Å². The fourth-order valence-corrected chi connectivity index (χ4v) is 3.85.